The van der Waals surface area contributed by atoms with Crippen molar-refractivity contribution in [1.29, 1.82) is 0 Å². The Kier molecular flexibility index (Phi) is 18.1. The van der Waals surface area contributed by atoms with Crippen LogP contribution in [0.15, 0.2) is 0 Å². The van der Waals surface area contributed by atoms with Crippen LogP contribution in [-0.2, 0) is 0 Å². The third-order valence-electron chi connectivity index (χ3n) is 1.83. The molecule has 1 rings (SSSR count). The van der Waals surface area contributed by atoms with Crippen LogP contribution < -0.4 is 10.6 Å². The minimum atomic E-state index is 0. The Labute approximate surface area is 98.8 Å². The highest BCUT2D eigenvalue weighted by Crippen LogP contribution is 2.00. The van der Waals surface area contributed by atoms with E-state index in [1.807, 2.05) is 0 Å². The van der Waals surface area contributed by atoms with Gasteiger partial charge in [0.15, 0.2) is 0 Å². The Bertz CT molecular complexity index is 130. The first-order chi connectivity index (χ1) is 4.93. The van der Waals surface area contributed by atoms with E-state index in [1.54, 1.807) is 0 Å². The van der Waals surface area contributed by atoms with Crippen LogP contribution in [0.4, 0.5) is 0 Å². The van der Waals surface area contributed by atoms with Gasteiger partial charge in [-0.05, 0) is 25.9 Å². The van der Waals surface area contributed by atoms with Gasteiger partial charge in [0.05, 0.1) is 6.54 Å². The van der Waals surface area contributed by atoms with Gasteiger partial charge < -0.3 is 10.6 Å². The van der Waals surface area contributed by atoms with Crippen LogP contribution in [0.25, 0.3) is 0 Å². The maximum atomic E-state index is 5.12. The molecule has 0 radical (unpaired) electrons. The molecule has 0 amide bonds. The molecule has 80 valence electrons. The van der Waals surface area contributed by atoms with E-state index < -0.39 is 0 Å². The van der Waals surface area contributed by atoms with Crippen LogP contribution in [0.2, 0.25) is 0 Å². The molecule has 1 heterocycles. The zero-order valence-corrected chi connectivity index (χ0v) is 9.86. The van der Waals surface area contributed by atoms with Gasteiger partial charge in [0.25, 0.3) is 0 Å². The fourth-order valence-electron chi connectivity index (χ4n) is 1.23. The summed E-state index contributed by atoms with van der Waals surface area (Å²) < 4.78 is 0. The second-order valence-corrected chi connectivity index (χ2v) is 2.61. The summed E-state index contributed by atoms with van der Waals surface area (Å²) in [5.74, 6) is 2.58. The van der Waals surface area contributed by atoms with Gasteiger partial charge in [-0.15, -0.1) is 43.6 Å². The van der Waals surface area contributed by atoms with Crippen molar-refractivity contribution in [1.82, 2.24) is 10.6 Å². The van der Waals surface area contributed by atoms with Crippen molar-refractivity contribution in [3.8, 4) is 12.3 Å². The van der Waals surface area contributed by atoms with Crippen molar-refractivity contribution in [2.45, 2.75) is 18.9 Å². The van der Waals surface area contributed by atoms with Gasteiger partial charge in [0, 0.05) is 6.04 Å². The SMILES string of the molecule is C#CCNC1CCNCC1.Cl.Cl.Cl. The summed E-state index contributed by atoms with van der Waals surface area (Å²) in [7, 11) is 0. The monoisotopic (exact) mass is 246 g/mol. The third-order valence-corrected chi connectivity index (χ3v) is 1.83. The zero-order valence-electron chi connectivity index (χ0n) is 7.41. The van der Waals surface area contributed by atoms with Crippen LogP contribution in [-0.4, -0.2) is 25.7 Å². The molecule has 2 N–H and O–H groups in total. The standard InChI is InChI=1S/C8H14N2.3ClH/c1-2-5-10-8-3-6-9-7-4-8;;;/h1,8-10H,3-7H2;3*1H. The Hall–Kier alpha value is 0.350. The lowest BCUT2D eigenvalue weighted by atomic mass is 10.1. The Balaban J connectivity index is -0.000000333. The van der Waals surface area contributed by atoms with Gasteiger partial charge in [-0.3, -0.25) is 0 Å². The van der Waals surface area contributed by atoms with Crippen molar-refractivity contribution in [2.75, 3.05) is 19.6 Å². The second kappa shape index (κ2) is 12.3. The van der Waals surface area contributed by atoms with E-state index >= 15 is 0 Å². The van der Waals surface area contributed by atoms with Crippen molar-refractivity contribution in [3.05, 3.63) is 0 Å². The zero-order chi connectivity index (χ0) is 7.23. The number of hydrogen-bond donors (Lipinski definition) is 2. The lowest BCUT2D eigenvalue weighted by molar-refractivity contribution is 0.401. The van der Waals surface area contributed by atoms with Gasteiger partial charge in [0.2, 0.25) is 0 Å². The Morgan fingerprint density at radius 3 is 2.23 bits per heavy atom. The quantitative estimate of drug-likeness (QED) is 0.717. The molecular weight excluding hydrogens is 230 g/mol. The molecule has 0 unspecified atom stereocenters. The van der Waals surface area contributed by atoms with Crippen LogP contribution in [0.3, 0.4) is 0 Å². The summed E-state index contributed by atoms with van der Waals surface area (Å²) in [5, 5.41) is 6.59. The van der Waals surface area contributed by atoms with Gasteiger partial charge in [-0.25, -0.2) is 0 Å². The van der Waals surface area contributed by atoms with E-state index in [1.165, 1.54) is 12.8 Å². The topological polar surface area (TPSA) is 24.1 Å². The second-order valence-electron chi connectivity index (χ2n) is 2.61. The Morgan fingerprint density at radius 2 is 1.77 bits per heavy atom. The summed E-state index contributed by atoms with van der Waals surface area (Å²) in [6, 6.07) is 0.650. The highest BCUT2D eigenvalue weighted by atomic mass is 35.5. The van der Waals surface area contributed by atoms with E-state index in [2.05, 4.69) is 16.6 Å². The first kappa shape index (κ1) is 19.0. The summed E-state index contributed by atoms with van der Waals surface area (Å²) in [4.78, 5) is 0. The lowest BCUT2D eigenvalue weighted by Crippen LogP contribution is -2.39. The van der Waals surface area contributed by atoms with Crippen LogP contribution >= 0.6 is 37.2 Å². The van der Waals surface area contributed by atoms with Gasteiger partial charge >= 0.3 is 0 Å². The van der Waals surface area contributed by atoms with E-state index in [9.17, 15) is 0 Å². The van der Waals surface area contributed by atoms with E-state index in [4.69, 9.17) is 6.42 Å². The highest BCUT2D eigenvalue weighted by Gasteiger charge is 2.10. The number of halogens is 3. The van der Waals surface area contributed by atoms with Gasteiger partial charge in [-0.2, -0.15) is 0 Å². The molecule has 0 aromatic heterocycles. The van der Waals surface area contributed by atoms with E-state index in [0.717, 1.165) is 13.1 Å². The first-order valence-electron chi connectivity index (χ1n) is 3.81. The molecule has 5 heteroatoms. The molecule has 1 saturated heterocycles. The molecule has 0 aromatic carbocycles. The number of hydrogen-bond acceptors (Lipinski definition) is 2. The fraction of sp³-hybridized carbons (Fsp3) is 0.750. The van der Waals surface area contributed by atoms with Gasteiger partial charge in [0.1, 0.15) is 0 Å². The summed E-state index contributed by atoms with van der Waals surface area (Å²) >= 11 is 0. The molecule has 0 aromatic rings. The molecule has 13 heavy (non-hydrogen) atoms. The number of terminal acetylenes is 1. The maximum Gasteiger partial charge on any atom is 0.0575 e. The van der Waals surface area contributed by atoms with Gasteiger partial charge in [-0.1, -0.05) is 5.92 Å². The number of rotatable bonds is 2. The minimum absolute atomic E-state index is 0. The molecule has 1 aliphatic heterocycles. The average molecular weight is 248 g/mol. The normalized spacial score (nSPS) is 15.6. The molecular formula is C8H17Cl3N2. The average Bonchev–Trinajstić information content (AvgIpc) is 2.03. The molecule has 1 fully saturated rings. The van der Waals surface area contributed by atoms with E-state index in [0.29, 0.717) is 12.6 Å². The Morgan fingerprint density at radius 1 is 1.23 bits per heavy atom. The first-order valence-corrected chi connectivity index (χ1v) is 3.81. The fourth-order valence-corrected chi connectivity index (χ4v) is 1.23. The molecule has 2 nitrogen and oxygen atoms in total. The highest BCUT2D eigenvalue weighted by molar-refractivity contribution is 5.86. The smallest absolute Gasteiger partial charge is 0.0575 e. The molecule has 0 atom stereocenters. The van der Waals surface area contributed by atoms with Crippen molar-refractivity contribution in [3.63, 3.8) is 0 Å². The summed E-state index contributed by atoms with van der Waals surface area (Å²) in [6.07, 6.45) is 7.54. The number of piperidine rings is 1. The summed E-state index contributed by atoms with van der Waals surface area (Å²) in [5.41, 5.74) is 0. The predicted molar refractivity (Wildman–Crippen MR) is 64.5 cm³/mol. The van der Waals surface area contributed by atoms with Crippen LogP contribution in [0.1, 0.15) is 12.8 Å². The molecule has 0 bridgehead atoms. The van der Waals surface area contributed by atoms with Crippen molar-refractivity contribution in [2.24, 2.45) is 0 Å². The number of nitrogens with one attached hydrogen (secondary N) is 2. The minimum Gasteiger partial charge on any atom is -0.317 e. The van der Waals surface area contributed by atoms with Crippen LogP contribution in [0, 0.1) is 12.3 Å². The molecule has 0 saturated carbocycles. The summed E-state index contributed by atoms with van der Waals surface area (Å²) in [6.45, 7) is 2.97. The third kappa shape index (κ3) is 8.67. The molecule has 1 aliphatic rings. The maximum absolute atomic E-state index is 5.12. The predicted octanol–water partition coefficient (Wildman–Crippen LogP) is 1.23. The molecule has 0 aliphatic carbocycles. The van der Waals surface area contributed by atoms with E-state index in [-0.39, 0.29) is 37.2 Å². The lowest BCUT2D eigenvalue weighted by Gasteiger charge is -2.22. The van der Waals surface area contributed by atoms with Crippen molar-refractivity contribution < 1.29 is 0 Å². The van der Waals surface area contributed by atoms with Crippen LogP contribution in [0.5, 0.6) is 0 Å². The molecule has 0 spiro atoms. The largest absolute Gasteiger partial charge is 0.317 e. The van der Waals surface area contributed by atoms with Crippen molar-refractivity contribution >= 4 is 37.2 Å².